The van der Waals surface area contributed by atoms with Crippen molar-refractivity contribution in [2.24, 2.45) is 0 Å². The summed E-state index contributed by atoms with van der Waals surface area (Å²) in [6.07, 6.45) is 1.47. The molecule has 0 saturated carbocycles. The number of carbonyl (C=O) groups is 1. The van der Waals surface area contributed by atoms with E-state index in [0.29, 0.717) is 23.8 Å². The van der Waals surface area contributed by atoms with Gasteiger partial charge in [0, 0.05) is 5.69 Å². The zero-order valence-electron chi connectivity index (χ0n) is 11.7. The van der Waals surface area contributed by atoms with Gasteiger partial charge in [-0.3, -0.25) is 4.79 Å². The van der Waals surface area contributed by atoms with Gasteiger partial charge in [0.25, 0.3) is 0 Å². The molecule has 108 valence electrons. The molecule has 0 spiro atoms. The first-order valence-corrected chi connectivity index (χ1v) is 7.47. The molecule has 3 N–H and O–H groups in total. The topological polar surface area (TPSA) is 77.2 Å². The van der Waals surface area contributed by atoms with Crippen LogP contribution in [0.5, 0.6) is 0 Å². The van der Waals surface area contributed by atoms with Crippen LogP contribution in [0, 0.1) is 0 Å². The van der Waals surface area contributed by atoms with Gasteiger partial charge in [-0.05, 0) is 31.5 Å². The van der Waals surface area contributed by atoms with Crippen LogP contribution in [0.4, 0.5) is 10.8 Å². The lowest BCUT2D eigenvalue weighted by Gasteiger charge is -2.09. The highest BCUT2D eigenvalue weighted by Crippen LogP contribution is 2.27. The molecule has 1 aromatic heterocycles. The van der Waals surface area contributed by atoms with E-state index in [4.69, 9.17) is 10.5 Å². The second-order valence-corrected chi connectivity index (χ2v) is 5.66. The molecule has 20 heavy (non-hydrogen) atoms. The Morgan fingerprint density at radius 2 is 2.35 bits per heavy atom. The van der Waals surface area contributed by atoms with Gasteiger partial charge in [0.05, 0.1) is 29.3 Å². The number of hydrogen-bond donors (Lipinski definition) is 2. The van der Waals surface area contributed by atoms with Crippen LogP contribution in [-0.2, 0) is 9.53 Å². The van der Waals surface area contributed by atoms with Crippen molar-refractivity contribution in [1.29, 1.82) is 0 Å². The standard InChI is InChI=1S/C14H19N3O2S/c1-3-9(2)19-7-6-13(18)17-14-16-11-5-4-10(15)8-12(11)20-14/h4-5,8-9H,3,6-7,15H2,1-2H3,(H,16,17,18). The summed E-state index contributed by atoms with van der Waals surface area (Å²) < 4.78 is 6.45. The third-order valence-electron chi connectivity index (χ3n) is 2.97. The van der Waals surface area contributed by atoms with Crippen LogP contribution in [0.2, 0.25) is 0 Å². The molecule has 0 aliphatic carbocycles. The fraction of sp³-hybridized carbons (Fsp3) is 0.429. The molecule has 0 aliphatic rings. The third kappa shape index (κ3) is 3.91. The third-order valence-corrected chi connectivity index (χ3v) is 3.90. The summed E-state index contributed by atoms with van der Waals surface area (Å²) in [7, 11) is 0. The van der Waals surface area contributed by atoms with Crippen molar-refractivity contribution >= 4 is 38.3 Å². The van der Waals surface area contributed by atoms with E-state index < -0.39 is 0 Å². The highest BCUT2D eigenvalue weighted by Gasteiger charge is 2.08. The average Bonchev–Trinajstić information content (AvgIpc) is 2.79. The van der Waals surface area contributed by atoms with Crippen molar-refractivity contribution in [3.05, 3.63) is 18.2 Å². The predicted molar refractivity (Wildman–Crippen MR) is 83.0 cm³/mol. The number of benzene rings is 1. The lowest BCUT2D eigenvalue weighted by Crippen LogP contribution is -2.16. The van der Waals surface area contributed by atoms with Gasteiger partial charge in [-0.25, -0.2) is 4.98 Å². The van der Waals surface area contributed by atoms with Crippen LogP contribution < -0.4 is 11.1 Å². The summed E-state index contributed by atoms with van der Waals surface area (Å²) >= 11 is 1.42. The number of thiazole rings is 1. The molecule has 5 nitrogen and oxygen atoms in total. The summed E-state index contributed by atoms with van der Waals surface area (Å²) in [5, 5.41) is 3.39. The number of carbonyl (C=O) groups excluding carboxylic acids is 1. The minimum absolute atomic E-state index is 0.0830. The molecule has 1 unspecified atom stereocenters. The minimum atomic E-state index is -0.0830. The van der Waals surface area contributed by atoms with Crippen molar-refractivity contribution in [2.45, 2.75) is 32.8 Å². The van der Waals surface area contributed by atoms with Crippen LogP contribution in [0.3, 0.4) is 0 Å². The van der Waals surface area contributed by atoms with E-state index in [1.165, 1.54) is 11.3 Å². The van der Waals surface area contributed by atoms with Crippen molar-refractivity contribution in [2.75, 3.05) is 17.7 Å². The van der Waals surface area contributed by atoms with Crippen molar-refractivity contribution in [1.82, 2.24) is 4.98 Å². The van der Waals surface area contributed by atoms with Gasteiger partial charge in [-0.1, -0.05) is 18.3 Å². The van der Waals surface area contributed by atoms with Crippen LogP contribution in [0.25, 0.3) is 10.2 Å². The van der Waals surface area contributed by atoms with Gasteiger partial charge in [-0.2, -0.15) is 0 Å². The first kappa shape index (κ1) is 14.7. The van der Waals surface area contributed by atoms with Crippen LogP contribution in [0.15, 0.2) is 18.2 Å². The summed E-state index contributed by atoms with van der Waals surface area (Å²) in [4.78, 5) is 16.1. The molecular formula is C14H19N3O2S. The van der Waals surface area contributed by atoms with Crippen molar-refractivity contribution < 1.29 is 9.53 Å². The van der Waals surface area contributed by atoms with Gasteiger partial charge in [0.1, 0.15) is 0 Å². The maximum Gasteiger partial charge on any atom is 0.228 e. The molecule has 1 atom stereocenters. The number of rotatable bonds is 6. The Hall–Kier alpha value is -1.66. The number of nitrogens with zero attached hydrogens (tertiary/aromatic N) is 1. The lowest BCUT2D eigenvalue weighted by atomic mass is 10.3. The Balaban J connectivity index is 1.89. The van der Waals surface area contributed by atoms with E-state index in [0.717, 1.165) is 16.6 Å². The van der Waals surface area contributed by atoms with Gasteiger partial charge in [-0.15, -0.1) is 0 Å². The average molecular weight is 293 g/mol. The number of hydrogen-bond acceptors (Lipinski definition) is 5. The number of amides is 1. The monoisotopic (exact) mass is 293 g/mol. The summed E-state index contributed by atoms with van der Waals surface area (Å²) in [6, 6.07) is 5.51. The number of anilines is 2. The lowest BCUT2D eigenvalue weighted by molar-refractivity contribution is -0.117. The molecule has 1 amide bonds. The molecule has 1 aromatic carbocycles. The zero-order chi connectivity index (χ0) is 14.5. The van der Waals surface area contributed by atoms with Crippen LogP contribution in [-0.4, -0.2) is 23.6 Å². The minimum Gasteiger partial charge on any atom is -0.399 e. The summed E-state index contributed by atoms with van der Waals surface area (Å²) in [6.45, 7) is 4.48. The highest BCUT2D eigenvalue weighted by molar-refractivity contribution is 7.22. The van der Waals surface area contributed by atoms with Gasteiger partial charge >= 0.3 is 0 Å². The fourth-order valence-electron chi connectivity index (χ4n) is 1.65. The van der Waals surface area contributed by atoms with Gasteiger partial charge in [0.2, 0.25) is 5.91 Å². The highest BCUT2D eigenvalue weighted by atomic mass is 32.1. The summed E-state index contributed by atoms with van der Waals surface area (Å²) in [5.74, 6) is -0.0830. The molecule has 2 rings (SSSR count). The van der Waals surface area contributed by atoms with E-state index in [1.807, 2.05) is 19.1 Å². The van der Waals surface area contributed by atoms with E-state index in [1.54, 1.807) is 6.07 Å². The molecule has 6 heteroatoms. The molecule has 0 aliphatic heterocycles. The van der Waals surface area contributed by atoms with E-state index in [-0.39, 0.29) is 12.0 Å². The smallest absolute Gasteiger partial charge is 0.228 e. The number of aromatic nitrogens is 1. The molecule has 0 radical (unpaired) electrons. The summed E-state index contributed by atoms with van der Waals surface area (Å²) in [5.41, 5.74) is 7.25. The molecule has 1 heterocycles. The van der Waals surface area contributed by atoms with E-state index in [2.05, 4.69) is 17.2 Å². The normalized spacial score (nSPS) is 12.5. The Morgan fingerprint density at radius 3 is 3.10 bits per heavy atom. The zero-order valence-corrected chi connectivity index (χ0v) is 12.5. The molecular weight excluding hydrogens is 274 g/mol. The van der Waals surface area contributed by atoms with Crippen LogP contribution >= 0.6 is 11.3 Å². The first-order chi connectivity index (χ1) is 9.58. The maximum atomic E-state index is 11.8. The second kappa shape index (κ2) is 6.67. The maximum absolute atomic E-state index is 11.8. The largest absolute Gasteiger partial charge is 0.399 e. The number of ether oxygens (including phenoxy) is 1. The van der Waals surface area contributed by atoms with Gasteiger partial charge < -0.3 is 15.8 Å². The number of nitrogens with one attached hydrogen (secondary N) is 1. The molecule has 2 aromatic rings. The Bertz CT molecular complexity index is 597. The number of nitrogen functional groups attached to an aromatic ring is 1. The molecule has 0 bridgehead atoms. The van der Waals surface area contributed by atoms with E-state index in [9.17, 15) is 4.79 Å². The van der Waals surface area contributed by atoms with Crippen molar-refractivity contribution in [3.63, 3.8) is 0 Å². The van der Waals surface area contributed by atoms with Crippen LogP contribution in [0.1, 0.15) is 26.7 Å². The van der Waals surface area contributed by atoms with Crippen molar-refractivity contribution in [3.8, 4) is 0 Å². The first-order valence-electron chi connectivity index (χ1n) is 6.66. The molecule has 0 saturated heterocycles. The van der Waals surface area contributed by atoms with Gasteiger partial charge in [0.15, 0.2) is 5.13 Å². The fourth-order valence-corrected chi connectivity index (χ4v) is 2.58. The number of nitrogens with two attached hydrogens (primary N) is 1. The van der Waals surface area contributed by atoms with E-state index >= 15 is 0 Å². The Morgan fingerprint density at radius 1 is 1.55 bits per heavy atom. The molecule has 0 fully saturated rings. The predicted octanol–water partition coefficient (Wildman–Crippen LogP) is 3.02. The number of fused-ring (bicyclic) bond motifs is 1. The Labute approximate surface area is 122 Å². The quantitative estimate of drug-likeness (QED) is 0.803. The SMILES string of the molecule is CCC(C)OCCC(=O)Nc1nc2ccc(N)cc2s1. The second-order valence-electron chi connectivity index (χ2n) is 4.63. The Kier molecular flexibility index (Phi) is 4.92.